The number of nitrogen functional groups attached to an aromatic ring is 1. The predicted octanol–water partition coefficient (Wildman–Crippen LogP) is 3.44. The fourth-order valence-electron chi connectivity index (χ4n) is 2.53. The van der Waals surface area contributed by atoms with Crippen molar-refractivity contribution < 1.29 is 4.79 Å². The Morgan fingerprint density at radius 2 is 2.16 bits per heavy atom. The molecule has 1 fully saturated rings. The summed E-state index contributed by atoms with van der Waals surface area (Å²) >= 11 is 5.25. The highest BCUT2D eigenvalue weighted by Gasteiger charge is 2.33. The lowest BCUT2D eigenvalue weighted by Gasteiger charge is -2.27. The quantitative estimate of drug-likeness (QED) is 0.824. The van der Waals surface area contributed by atoms with E-state index in [2.05, 4.69) is 27.5 Å². The minimum Gasteiger partial charge on any atom is -0.398 e. The molecule has 0 aliphatic heterocycles. The number of nitrogens with one attached hydrogen (secondary N) is 1. The van der Waals surface area contributed by atoms with E-state index in [0.717, 1.165) is 6.54 Å². The number of rotatable bonds is 4. The van der Waals surface area contributed by atoms with Gasteiger partial charge >= 0.3 is 0 Å². The molecule has 5 heteroatoms. The average molecular weight is 343 g/mol. The molecule has 0 spiro atoms. The van der Waals surface area contributed by atoms with Gasteiger partial charge in [-0.05, 0) is 47.2 Å². The van der Waals surface area contributed by atoms with E-state index >= 15 is 0 Å². The third-order valence-electron chi connectivity index (χ3n) is 3.79. The Hall–Kier alpha value is -0.680. The van der Waals surface area contributed by atoms with Gasteiger partial charge in [0.05, 0.1) is 10.0 Å². The summed E-state index contributed by atoms with van der Waals surface area (Å²) in [6.45, 7) is 0.730. The topological polar surface area (TPSA) is 55.1 Å². The van der Waals surface area contributed by atoms with Gasteiger partial charge in [-0.2, -0.15) is 11.8 Å². The molecule has 0 aromatic heterocycles. The summed E-state index contributed by atoms with van der Waals surface area (Å²) in [4.78, 5) is 12.2. The molecular formula is C14H19BrN2OS. The first kappa shape index (κ1) is 14.7. The van der Waals surface area contributed by atoms with E-state index in [4.69, 9.17) is 5.73 Å². The fourth-order valence-corrected chi connectivity index (χ4v) is 3.89. The van der Waals surface area contributed by atoms with Crippen molar-refractivity contribution in [2.24, 2.45) is 0 Å². The third kappa shape index (κ3) is 3.26. The van der Waals surface area contributed by atoms with Crippen LogP contribution in [0.1, 0.15) is 36.0 Å². The van der Waals surface area contributed by atoms with Crippen LogP contribution in [-0.4, -0.2) is 23.5 Å². The van der Waals surface area contributed by atoms with Crippen molar-refractivity contribution in [1.82, 2.24) is 5.32 Å². The molecule has 1 aliphatic carbocycles. The molecule has 0 heterocycles. The number of benzene rings is 1. The normalized spacial score (nSPS) is 17.4. The van der Waals surface area contributed by atoms with Crippen LogP contribution in [0.5, 0.6) is 0 Å². The molecule has 0 atom stereocenters. The molecule has 3 nitrogen and oxygen atoms in total. The number of carbonyl (C=O) groups is 1. The van der Waals surface area contributed by atoms with E-state index in [9.17, 15) is 4.79 Å². The molecule has 1 amide bonds. The molecule has 1 saturated carbocycles. The van der Waals surface area contributed by atoms with Crippen molar-refractivity contribution >= 4 is 39.3 Å². The number of nitrogens with two attached hydrogens (primary N) is 1. The average Bonchev–Trinajstić information content (AvgIpc) is 2.89. The lowest BCUT2D eigenvalue weighted by Crippen LogP contribution is -2.38. The zero-order chi connectivity index (χ0) is 13.9. The number of halogens is 1. The maximum atomic E-state index is 12.2. The first-order valence-corrected chi connectivity index (χ1v) is 8.47. The standard InChI is InChI=1S/C14H19BrN2OS/c1-19-14(7-2-3-8-14)9-17-13(18)10-5-4-6-11(16)12(10)15/h4-6H,2-3,7-9,16H2,1H3,(H,17,18). The van der Waals surface area contributed by atoms with Gasteiger partial charge < -0.3 is 11.1 Å². The monoisotopic (exact) mass is 342 g/mol. The number of hydrogen-bond acceptors (Lipinski definition) is 3. The predicted molar refractivity (Wildman–Crippen MR) is 85.6 cm³/mol. The molecule has 104 valence electrons. The third-order valence-corrected chi connectivity index (χ3v) is 6.10. The molecule has 1 aromatic carbocycles. The van der Waals surface area contributed by atoms with Crippen LogP contribution >= 0.6 is 27.7 Å². The second kappa shape index (κ2) is 6.18. The van der Waals surface area contributed by atoms with Crippen LogP contribution in [-0.2, 0) is 0 Å². The van der Waals surface area contributed by atoms with E-state index in [1.165, 1.54) is 25.7 Å². The van der Waals surface area contributed by atoms with Crippen molar-refractivity contribution in [3.8, 4) is 0 Å². The Morgan fingerprint density at radius 1 is 1.47 bits per heavy atom. The first-order valence-electron chi connectivity index (χ1n) is 6.45. The number of anilines is 1. The molecule has 0 radical (unpaired) electrons. The molecule has 1 aliphatic rings. The van der Waals surface area contributed by atoms with Crippen molar-refractivity contribution in [3.63, 3.8) is 0 Å². The Kier molecular flexibility index (Phi) is 4.79. The van der Waals surface area contributed by atoms with Gasteiger partial charge in [0.15, 0.2) is 0 Å². The van der Waals surface area contributed by atoms with Gasteiger partial charge in [0.25, 0.3) is 5.91 Å². The van der Waals surface area contributed by atoms with Crippen molar-refractivity contribution in [3.05, 3.63) is 28.2 Å². The molecule has 0 bridgehead atoms. The first-order chi connectivity index (χ1) is 9.08. The Balaban J connectivity index is 2.03. The second-order valence-corrected chi connectivity index (χ2v) is 7.05. The van der Waals surface area contributed by atoms with Crippen LogP contribution in [0.25, 0.3) is 0 Å². The Bertz CT molecular complexity index is 473. The van der Waals surface area contributed by atoms with E-state index in [-0.39, 0.29) is 10.7 Å². The van der Waals surface area contributed by atoms with Gasteiger partial charge in [0, 0.05) is 17.0 Å². The summed E-state index contributed by atoms with van der Waals surface area (Å²) in [6.07, 6.45) is 7.03. The molecule has 3 N–H and O–H groups in total. The highest BCUT2D eigenvalue weighted by atomic mass is 79.9. The lowest BCUT2D eigenvalue weighted by atomic mass is 10.1. The molecule has 0 saturated heterocycles. The van der Waals surface area contributed by atoms with E-state index in [1.807, 2.05) is 11.8 Å². The molecule has 2 rings (SSSR count). The smallest absolute Gasteiger partial charge is 0.252 e. The largest absolute Gasteiger partial charge is 0.398 e. The number of thioether (sulfide) groups is 1. The highest BCUT2D eigenvalue weighted by Crippen LogP contribution is 2.39. The van der Waals surface area contributed by atoms with E-state index in [1.54, 1.807) is 18.2 Å². The maximum absolute atomic E-state index is 12.2. The summed E-state index contributed by atoms with van der Waals surface area (Å²) in [7, 11) is 0. The van der Waals surface area contributed by atoms with Crippen molar-refractivity contribution in [2.75, 3.05) is 18.5 Å². The van der Waals surface area contributed by atoms with E-state index in [0.29, 0.717) is 15.7 Å². The number of hydrogen-bond donors (Lipinski definition) is 2. The summed E-state index contributed by atoms with van der Waals surface area (Å²) in [5, 5.41) is 3.06. The Morgan fingerprint density at radius 3 is 2.79 bits per heavy atom. The second-order valence-electron chi connectivity index (χ2n) is 4.99. The van der Waals surface area contributed by atoms with E-state index < -0.39 is 0 Å². The minimum absolute atomic E-state index is 0.0560. The fraction of sp³-hybridized carbons (Fsp3) is 0.500. The maximum Gasteiger partial charge on any atom is 0.252 e. The van der Waals surface area contributed by atoms with Crippen molar-refractivity contribution in [2.45, 2.75) is 30.4 Å². The summed E-state index contributed by atoms with van der Waals surface area (Å²) in [5.41, 5.74) is 6.99. The van der Waals surface area contributed by atoms with Crippen LogP contribution < -0.4 is 11.1 Å². The summed E-state index contributed by atoms with van der Waals surface area (Å²) in [5.74, 6) is -0.0560. The summed E-state index contributed by atoms with van der Waals surface area (Å²) in [6, 6.07) is 5.37. The summed E-state index contributed by atoms with van der Waals surface area (Å²) < 4.78 is 0.903. The van der Waals surface area contributed by atoms with Gasteiger partial charge in [-0.1, -0.05) is 18.9 Å². The zero-order valence-corrected chi connectivity index (χ0v) is 13.4. The van der Waals surface area contributed by atoms with Gasteiger partial charge in [0.2, 0.25) is 0 Å². The molecule has 1 aromatic rings. The minimum atomic E-state index is -0.0560. The molecular weight excluding hydrogens is 324 g/mol. The van der Waals surface area contributed by atoms with Crippen LogP contribution in [0, 0.1) is 0 Å². The highest BCUT2D eigenvalue weighted by molar-refractivity contribution is 9.10. The van der Waals surface area contributed by atoms with Crippen LogP contribution in [0.3, 0.4) is 0 Å². The van der Waals surface area contributed by atoms with Gasteiger partial charge in [-0.15, -0.1) is 0 Å². The van der Waals surface area contributed by atoms with Gasteiger partial charge in [0.1, 0.15) is 0 Å². The van der Waals surface area contributed by atoms with Gasteiger partial charge in [-0.25, -0.2) is 0 Å². The molecule has 0 unspecified atom stereocenters. The SMILES string of the molecule is CSC1(CNC(=O)c2cccc(N)c2Br)CCCC1. The zero-order valence-electron chi connectivity index (χ0n) is 11.0. The van der Waals surface area contributed by atoms with Crippen molar-refractivity contribution in [1.29, 1.82) is 0 Å². The van der Waals surface area contributed by atoms with Gasteiger partial charge in [-0.3, -0.25) is 4.79 Å². The van der Waals surface area contributed by atoms with Crippen LogP contribution in [0.15, 0.2) is 22.7 Å². The van der Waals surface area contributed by atoms with Crippen LogP contribution in [0.4, 0.5) is 5.69 Å². The number of carbonyl (C=O) groups excluding carboxylic acids is 1. The Labute approximate surface area is 126 Å². The van der Waals surface area contributed by atoms with Crippen LogP contribution in [0.2, 0.25) is 0 Å². The number of amides is 1. The lowest BCUT2D eigenvalue weighted by molar-refractivity contribution is 0.0949. The molecule has 19 heavy (non-hydrogen) atoms.